The molecule has 0 spiro atoms. The smallest absolute Gasteiger partial charge is 0.248 e. The number of hydrogen-bond acceptors (Lipinski definition) is 2. The minimum atomic E-state index is 0.0358. The number of carbonyl (C=O) groups is 1. The summed E-state index contributed by atoms with van der Waals surface area (Å²) in [6.45, 7) is 6.54. The topological polar surface area (TPSA) is 34.5 Å². The Kier molecular flexibility index (Phi) is 6.41. The summed E-state index contributed by atoms with van der Waals surface area (Å²) in [6.07, 6.45) is 2.07. The van der Waals surface area contributed by atoms with Crippen molar-refractivity contribution in [3.63, 3.8) is 0 Å². The number of rotatable bonds is 8. The van der Waals surface area contributed by atoms with Gasteiger partial charge in [0.2, 0.25) is 5.91 Å². The zero-order valence-corrected chi connectivity index (χ0v) is 14.2. The van der Waals surface area contributed by atoms with Crippen LogP contribution in [0.3, 0.4) is 0 Å². The molecule has 1 heterocycles. The van der Waals surface area contributed by atoms with Gasteiger partial charge in [-0.2, -0.15) is 0 Å². The second kappa shape index (κ2) is 8.53. The largest absolute Gasteiger partial charge is 0.375 e. The van der Waals surface area contributed by atoms with Crippen LogP contribution in [0.5, 0.6) is 0 Å². The molecule has 4 nitrogen and oxygen atoms in total. The fourth-order valence-corrected chi connectivity index (χ4v) is 2.63. The van der Waals surface area contributed by atoms with Gasteiger partial charge in [-0.25, -0.2) is 0 Å². The molecule has 2 aromatic rings. The summed E-state index contributed by atoms with van der Waals surface area (Å²) in [5.41, 5.74) is 2.39. The first-order chi connectivity index (χ1) is 11.1. The molecule has 1 aromatic carbocycles. The van der Waals surface area contributed by atoms with Gasteiger partial charge < -0.3 is 14.2 Å². The van der Waals surface area contributed by atoms with Gasteiger partial charge in [0.25, 0.3) is 0 Å². The Morgan fingerprint density at radius 3 is 2.57 bits per heavy atom. The maximum Gasteiger partial charge on any atom is 0.248 e. The predicted octanol–water partition coefficient (Wildman–Crippen LogP) is 3.17. The third-order valence-electron chi connectivity index (χ3n) is 3.68. The Morgan fingerprint density at radius 1 is 1.17 bits per heavy atom. The first kappa shape index (κ1) is 17.3. The highest BCUT2D eigenvalue weighted by molar-refractivity contribution is 5.77. The van der Waals surface area contributed by atoms with Crippen molar-refractivity contribution in [2.45, 2.75) is 26.9 Å². The summed E-state index contributed by atoms with van der Waals surface area (Å²) >= 11 is 0. The average Bonchev–Trinajstić information content (AvgIpc) is 2.94. The molecule has 0 fully saturated rings. The van der Waals surface area contributed by atoms with Gasteiger partial charge >= 0.3 is 0 Å². The van der Waals surface area contributed by atoms with Crippen LogP contribution in [-0.4, -0.2) is 35.6 Å². The number of benzene rings is 1. The molecule has 0 aliphatic rings. The van der Waals surface area contributed by atoms with E-state index in [1.807, 2.05) is 29.2 Å². The van der Waals surface area contributed by atoms with E-state index in [-0.39, 0.29) is 12.5 Å². The zero-order chi connectivity index (χ0) is 16.7. The Hall–Kier alpha value is -2.07. The van der Waals surface area contributed by atoms with Crippen molar-refractivity contribution in [1.82, 2.24) is 9.47 Å². The molecule has 0 unspecified atom stereocenters. The number of carbonyl (C=O) groups excluding carboxylic acids is 1. The standard InChI is InChI=1S/C19H26N2O2/c1-16(2)12-21(19(22)15-23-3)14-18-10-7-11-20(18)13-17-8-5-4-6-9-17/h4-11,16H,12-15H2,1-3H3. The van der Waals surface area contributed by atoms with Crippen molar-refractivity contribution in [3.8, 4) is 0 Å². The fraction of sp³-hybridized carbons (Fsp3) is 0.421. The molecule has 0 radical (unpaired) electrons. The molecular formula is C19H26N2O2. The molecule has 1 aromatic heterocycles. The third kappa shape index (κ3) is 5.25. The molecular weight excluding hydrogens is 288 g/mol. The van der Waals surface area contributed by atoms with Crippen LogP contribution in [0.4, 0.5) is 0 Å². The quantitative estimate of drug-likeness (QED) is 0.750. The Balaban J connectivity index is 2.11. The van der Waals surface area contributed by atoms with Gasteiger partial charge in [0.15, 0.2) is 0 Å². The van der Waals surface area contributed by atoms with Gasteiger partial charge in [0.1, 0.15) is 6.61 Å². The molecule has 0 aliphatic carbocycles. The summed E-state index contributed by atoms with van der Waals surface area (Å²) in [5, 5.41) is 0. The zero-order valence-electron chi connectivity index (χ0n) is 14.2. The normalized spacial score (nSPS) is 11.0. The Morgan fingerprint density at radius 2 is 1.91 bits per heavy atom. The maximum absolute atomic E-state index is 12.3. The summed E-state index contributed by atoms with van der Waals surface area (Å²) in [6, 6.07) is 14.5. The summed E-state index contributed by atoms with van der Waals surface area (Å²) in [5.74, 6) is 0.460. The van der Waals surface area contributed by atoms with Crippen molar-refractivity contribution in [2.75, 3.05) is 20.3 Å². The highest BCUT2D eigenvalue weighted by atomic mass is 16.5. The van der Waals surface area contributed by atoms with Crippen LogP contribution in [0, 0.1) is 5.92 Å². The summed E-state index contributed by atoms with van der Waals surface area (Å²) in [4.78, 5) is 14.1. The van der Waals surface area contributed by atoms with Gasteiger partial charge in [-0.15, -0.1) is 0 Å². The molecule has 1 amide bonds. The maximum atomic E-state index is 12.3. The van der Waals surface area contributed by atoms with E-state index in [1.165, 1.54) is 5.56 Å². The van der Waals surface area contributed by atoms with Crippen molar-refractivity contribution in [1.29, 1.82) is 0 Å². The average molecular weight is 314 g/mol. The van der Waals surface area contributed by atoms with Gasteiger partial charge in [0, 0.05) is 32.1 Å². The van der Waals surface area contributed by atoms with E-state index in [0.29, 0.717) is 12.5 Å². The molecule has 124 valence electrons. The lowest BCUT2D eigenvalue weighted by atomic mass is 10.2. The molecule has 23 heavy (non-hydrogen) atoms. The molecule has 0 bridgehead atoms. The van der Waals surface area contributed by atoms with E-state index in [0.717, 1.165) is 18.8 Å². The van der Waals surface area contributed by atoms with Crippen LogP contribution >= 0.6 is 0 Å². The molecule has 0 N–H and O–H groups in total. The SMILES string of the molecule is COCC(=O)N(Cc1cccn1Cc1ccccc1)CC(C)C. The first-order valence-corrected chi connectivity index (χ1v) is 8.04. The number of nitrogens with zero attached hydrogens (tertiary/aromatic N) is 2. The highest BCUT2D eigenvalue weighted by Gasteiger charge is 2.16. The van der Waals surface area contributed by atoms with Crippen molar-refractivity contribution in [3.05, 3.63) is 59.9 Å². The minimum absolute atomic E-state index is 0.0358. The molecule has 0 aliphatic heterocycles. The van der Waals surface area contributed by atoms with Crippen molar-refractivity contribution in [2.24, 2.45) is 5.92 Å². The second-order valence-corrected chi connectivity index (χ2v) is 6.21. The number of methoxy groups -OCH3 is 1. The molecule has 0 atom stereocenters. The van der Waals surface area contributed by atoms with Crippen molar-refractivity contribution < 1.29 is 9.53 Å². The second-order valence-electron chi connectivity index (χ2n) is 6.21. The lowest BCUT2D eigenvalue weighted by molar-refractivity contribution is -0.136. The van der Waals surface area contributed by atoms with Crippen LogP contribution < -0.4 is 0 Å². The number of ether oxygens (including phenoxy) is 1. The van der Waals surface area contributed by atoms with Crippen LogP contribution in [0.2, 0.25) is 0 Å². The number of amides is 1. The van der Waals surface area contributed by atoms with E-state index < -0.39 is 0 Å². The number of hydrogen-bond donors (Lipinski definition) is 0. The first-order valence-electron chi connectivity index (χ1n) is 8.04. The van der Waals surface area contributed by atoms with E-state index in [9.17, 15) is 4.79 Å². The minimum Gasteiger partial charge on any atom is -0.375 e. The predicted molar refractivity (Wildman–Crippen MR) is 92.1 cm³/mol. The van der Waals surface area contributed by atoms with Gasteiger partial charge in [-0.1, -0.05) is 44.2 Å². The monoisotopic (exact) mass is 314 g/mol. The van der Waals surface area contributed by atoms with E-state index in [2.05, 4.69) is 42.8 Å². The molecule has 4 heteroatoms. The van der Waals surface area contributed by atoms with E-state index in [4.69, 9.17) is 4.74 Å². The highest BCUT2D eigenvalue weighted by Crippen LogP contribution is 2.12. The molecule has 2 rings (SSSR count). The summed E-state index contributed by atoms with van der Waals surface area (Å²) in [7, 11) is 1.56. The van der Waals surface area contributed by atoms with Crippen LogP contribution in [0.15, 0.2) is 48.7 Å². The van der Waals surface area contributed by atoms with Crippen LogP contribution in [0.25, 0.3) is 0 Å². The van der Waals surface area contributed by atoms with Gasteiger partial charge in [-0.05, 0) is 23.6 Å². The van der Waals surface area contributed by atoms with Gasteiger partial charge in [-0.3, -0.25) is 4.79 Å². The third-order valence-corrected chi connectivity index (χ3v) is 3.68. The van der Waals surface area contributed by atoms with Crippen LogP contribution in [-0.2, 0) is 22.6 Å². The number of aromatic nitrogens is 1. The molecule has 0 saturated carbocycles. The lowest BCUT2D eigenvalue weighted by Crippen LogP contribution is -2.36. The Bertz CT molecular complexity index is 605. The fourth-order valence-electron chi connectivity index (χ4n) is 2.63. The van der Waals surface area contributed by atoms with E-state index in [1.54, 1.807) is 7.11 Å². The van der Waals surface area contributed by atoms with Crippen LogP contribution in [0.1, 0.15) is 25.1 Å². The molecule has 0 saturated heterocycles. The van der Waals surface area contributed by atoms with E-state index >= 15 is 0 Å². The lowest BCUT2D eigenvalue weighted by Gasteiger charge is -2.25. The van der Waals surface area contributed by atoms with Crippen molar-refractivity contribution >= 4 is 5.91 Å². The summed E-state index contributed by atoms with van der Waals surface area (Å²) < 4.78 is 7.21. The Labute approximate surface area is 138 Å². The van der Waals surface area contributed by atoms with Gasteiger partial charge in [0.05, 0.1) is 6.54 Å².